The second-order valence-corrected chi connectivity index (χ2v) is 6.43. The van der Waals surface area contributed by atoms with Gasteiger partial charge in [0.15, 0.2) is 11.4 Å². The number of aliphatic hydroxyl groups is 1. The summed E-state index contributed by atoms with van der Waals surface area (Å²) in [6.45, 7) is 7.05. The second-order valence-electron chi connectivity index (χ2n) is 6.43. The second kappa shape index (κ2) is 6.60. The number of carbonyl (C=O) groups excluding carboxylic acids is 1. The SMILES string of the molecule is Cc1cc(F)ccc1-n1cc(O)c(C(=O)NCC(C)(O)C(C)C)n1. The third kappa shape index (κ3) is 3.73. The van der Waals surface area contributed by atoms with Crippen LogP contribution in [0.3, 0.4) is 0 Å². The summed E-state index contributed by atoms with van der Waals surface area (Å²) in [4.78, 5) is 12.2. The predicted octanol–water partition coefficient (Wildman–Crippen LogP) is 2.16. The van der Waals surface area contributed by atoms with Gasteiger partial charge >= 0.3 is 0 Å². The highest BCUT2D eigenvalue weighted by atomic mass is 19.1. The van der Waals surface area contributed by atoms with Crippen LogP contribution in [0.15, 0.2) is 24.4 Å². The van der Waals surface area contributed by atoms with Crippen molar-refractivity contribution < 1.29 is 19.4 Å². The molecule has 2 aromatic rings. The molecule has 1 aromatic carbocycles. The Bertz CT molecular complexity index is 754. The quantitative estimate of drug-likeness (QED) is 0.781. The first-order valence-electron chi connectivity index (χ1n) is 7.67. The van der Waals surface area contributed by atoms with E-state index < -0.39 is 11.5 Å². The van der Waals surface area contributed by atoms with Crippen molar-refractivity contribution in [2.75, 3.05) is 6.54 Å². The first kappa shape index (κ1) is 17.9. The lowest BCUT2D eigenvalue weighted by atomic mass is 9.92. The summed E-state index contributed by atoms with van der Waals surface area (Å²) in [5.74, 6) is -1.31. The summed E-state index contributed by atoms with van der Waals surface area (Å²) in [6, 6.07) is 4.14. The van der Waals surface area contributed by atoms with Crippen molar-refractivity contribution in [1.82, 2.24) is 15.1 Å². The molecule has 6 nitrogen and oxygen atoms in total. The zero-order valence-electron chi connectivity index (χ0n) is 14.2. The number of hydrogen-bond acceptors (Lipinski definition) is 4. The summed E-state index contributed by atoms with van der Waals surface area (Å²) in [6.07, 6.45) is 1.29. The first-order valence-corrected chi connectivity index (χ1v) is 7.67. The summed E-state index contributed by atoms with van der Waals surface area (Å²) in [5.41, 5.74) is -0.0492. The minimum atomic E-state index is -1.07. The molecular weight excluding hydrogens is 313 g/mol. The fraction of sp³-hybridized carbons (Fsp3) is 0.412. The van der Waals surface area contributed by atoms with E-state index in [1.807, 2.05) is 13.8 Å². The molecular formula is C17H22FN3O3. The largest absolute Gasteiger partial charge is 0.504 e. The molecule has 0 fully saturated rings. The maximum Gasteiger partial charge on any atom is 0.275 e. The molecule has 0 radical (unpaired) electrons. The Balaban J connectivity index is 2.21. The van der Waals surface area contributed by atoms with Gasteiger partial charge in [0.25, 0.3) is 5.91 Å². The van der Waals surface area contributed by atoms with E-state index in [-0.39, 0.29) is 29.7 Å². The summed E-state index contributed by atoms with van der Waals surface area (Å²) in [5, 5.41) is 26.8. The van der Waals surface area contributed by atoms with Crippen LogP contribution in [0.25, 0.3) is 5.69 Å². The van der Waals surface area contributed by atoms with Crippen molar-refractivity contribution in [3.05, 3.63) is 41.5 Å². The number of aromatic nitrogens is 2. The molecule has 1 heterocycles. The molecule has 1 atom stereocenters. The highest BCUT2D eigenvalue weighted by Gasteiger charge is 2.27. The van der Waals surface area contributed by atoms with Crippen LogP contribution in [0.1, 0.15) is 36.8 Å². The number of aryl methyl sites for hydroxylation is 1. The number of hydrogen-bond donors (Lipinski definition) is 3. The predicted molar refractivity (Wildman–Crippen MR) is 87.7 cm³/mol. The van der Waals surface area contributed by atoms with Gasteiger partial charge in [-0.05, 0) is 43.5 Å². The molecule has 130 valence electrons. The molecule has 24 heavy (non-hydrogen) atoms. The molecule has 0 spiro atoms. The van der Waals surface area contributed by atoms with Crippen LogP contribution in [-0.4, -0.2) is 38.0 Å². The highest BCUT2D eigenvalue weighted by Crippen LogP contribution is 2.21. The van der Waals surface area contributed by atoms with Crippen molar-refractivity contribution in [3.63, 3.8) is 0 Å². The van der Waals surface area contributed by atoms with Crippen LogP contribution in [0.5, 0.6) is 5.75 Å². The van der Waals surface area contributed by atoms with Gasteiger partial charge in [0.05, 0.1) is 17.5 Å². The number of carbonyl (C=O) groups is 1. The van der Waals surface area contributed by atoms with Gasteiger partial charge in [-0.1, -0.05) is 13.8 Å². The topological polar surface area (TPSA) is 87.4 Å². The molecule has 3 N–H and O–H groups in total. The minimum Gasteiger partial charge on any atom is -0.504 e. The average Bonchev–Trinajstić information content (AvgIpc) is 2.86. The molecule has 1 unspecified atom stereocenters. The van der Waals surface area contributed by atoms with Crippen molar-refractivity contribution in [3.8, 4) is 11.4 Å². The van der Waals surface area contributed by atoms with Gasteiger partial charge in [-0.3, -0.25) is 4.79 Å². The molecule has 1 amide bonds. The molecule has 0 saturated heterocycles. The summed E-state index contributed by atoms with van der Waals surface area (Å²) in [7, 11) is 0. The lowest BCUT2D eigenvalue weighted by Crippen LogP contribution is -2.44. The standard InChI is InChI=1S/C17H22FN3O3/c1-10(2)17(4,24)9-19-16(23)15-14(22)8-21(20-15)13-6-5-12(18)7-11(13)3/h5-8,10,22,24H,9H2,1-4H3,(H,19,23). The number of rotatable bonds is 5. The van der Waals surface area contributed by atoms with Crippen molar-refractivity contribution in [2.45, 2.75) is 33.3 Å². The zero-order valence-corrected chi connectivity index (χ0v) is 14.2. The van der Waals surface area contributed by atoms with E-state index in [4.69, 9.17) is 0 Å². The van der Waals surface area contributed by atoms with Crippen molar-refractivity contribution >= 4 is 5.91 Å². The van der Waals surface area contributed by atoms with Crippen molar-refractivity contribution in [1.29, 1.82) is 0 Å². The average molecular weight is 335 g/mol. The Morgan fingerprint density at radius 1 is 1.46 bits per heavy atom. The van der Waals surface area contributed by atoms with E-state index in [0.29, 0.717) is 11.3 Å². The lowest BCUT2D eigenvalue weighted by Gasteiger charge is -2.27. The Morgan fingerprint density at radius 2 is 2.12 bits per heavy atom. The Hall–Kier alpha value is -2.41. The van der Waals surface area contributed by atoms with Crippen molar-refractivity contribution in [2.24, 2.45) is 5.92 Å². The van der Waals surface area contributed by atoms with Gasteiger partial charge in [-0.15, -0.1) is 0 Å². The monoisotopic (exact) mass is 335 g/mol. The number of halogens is 1. The fourth-order valence-corrected chi connectivity index (χ4v) is 2.07. The normalized spacial score (nSPS) is 13.8. The molecule has 7 heteroatoms. The molecule has 0 saturated carbocycles. The Morgan fingerprint density at radius 3 is 2.71 bits per heavy atom. The number of aromatic hydroxyl groups is 1. The van der Waals surface area contributed by atoms with E-state index in [2.05, 4.69) is 10.4 Å². The number of nitrogens with one attached hydrogen (secondary N) is 1. The molecule has 1 aromatic heterocycles. The number of amides is 1. The van der Waals surface area contributed by atoms with Crippen LogP contribution in [0.2, 0.25) is 0 Å². The van der Waals surface area contributed by atoms with Crippen LogP contribution < -0.4 is 5.32 Å². The summed E-state index contributed by atoms with van der Waals surface area (Å²) < 4.78 is 14.5. The third-order valence-corrected chi connectivity index (χ3v) is 4.17. The molecule has 0 aliphatic carbocycles. The maximum atomic E-state index is 13.2. The van der Waals surface area contributed by atoms with E-state index in [9.17, 15) is 19.4 Å². The van der Waals surface area contributed by atoms with Crippen LogP contribution in [-0.2, 0) is 0 Å². The molecule has 2 rings (SSSR count). The highest BCUT2D eigenvalue weighted by molar-refractivity contribution is 5.94. The molecule has 0 bridgehead atoms. The fourth-order valence-electron chi connectivity index (χ4n) is 2.07. The van der Waals surface area contributed by atoms with E-state index in [0.717, 1.165) is 0 Å². The van der Waals surface area contributed by atoms with Gasteiger partial charge in [0, 0.05) is 6.54 Å². The smallest absolute Gasteiger partial charge is 0.275 e. The molecule has 0 aliphatic heterocycles. The van der Waals surface area contributed by atoms with Crippen LogP contribution in [0.4, 0.5) is 4.39 Å². The van der Waals surface area contributed by atoms with Gasteiger partial charge in [0.2, 0.25) is 0 Å². The van der Waals surface area contributed by atoms with E-state index >= 15 is 0 Å². The summed E-state index contributed by atoms with van der Waals surface area (Å²) >= 11 is 0. The number of nitrogens with zero attached hydrogens (tertiary/aromatic N) is 2. The van der Waals surface area contributed by atoms with Gasteiger partial charge in [-0.25, -0.2) is 9.07 Å². The first-order chi connectivity index (χ1) is 11.1. The van der Waals surface area contributed by atoms with E-state index in [1.165, 1.54) is 29.1 Å². The van der Waals surface area contributed by atoms with E-state index in [1.54, 1.807) is 13.8 Å². The zero-order chi connectivity index (χ0) is 18.1. The van der Waals surface area contributed by atoms with Gasteiger partial charge in [0.1, 0.15) is 5.82 Å². The van der Waals surface area contributed by atoms with Crippen LogP contribution in [0, 0.1) is 18.7 Å². The number of benzene rings is 1. The molecule has 0 aliphatic rings. The third-order valence-electron chi connectivity index (χ3n) is 4.17. The lowest BCUT2D eigenvalue weighted by molar-refractivity contribution is 0.0141. The Kier molecular flexibility index (Phi) is 4.94. The maximum absolute atomic E-state index is 13.2. The Labute approximate surface area is 139 Å². The van der Waals surface area contributed by atoms with Crippen LogP contribution >= 0.6 is 0 Å². The minimum absolute atomic E-state index is 0.0331. The van der Waals surface area contributed by atoms with Gasteiger partial charge in [-0.2, -0.15) is 5.10 Å². The van der Waals surface area contributed by atoms with Gasteiger partial charge < -0.3 is 15.5 Å².